The maximum Gasteiger partial charge on any atom is 0.394 e. The smallest absolute Gasteiger partial charge is 0.171 e. The summed E-state index contributed by atoms with van der Waals surface area (Å²) in [6.45, 7) is 80.7. The monoisotopic (exact) mass is 1820 g/mol. The van der Waals surface area contributed by atoms with Crippen LogP contribution in [-0.4, -0.2) is 49.4 Å². The van der Waals surface area contributed by atoms with Crippen LogP contribution in [0.4, 0.5) is 105 Å². The second-order valence-electron chi connectivity index (χ2n) is 43.8. The molecule has 0 aliphatic heterocycles. The van der Waals surface area contributed by atoms with Gasteiger partial charge in [-0.1, -0.05) is 395 Å². The minimum Gasteiger partial charge on any atom is -0.171 e. The molecule has 3 saturated carbocycles. The molecule has 0 saturated heterocycles. The van der Waals surface area contributed by atoms with E-state index in [1.165, 1.54) is 55.4 Å². The predicted octanol–water partition coefficient (Wildman–Crippen LogP) is 41.7. The summed E-state index contributed by atoms with van der Waals surface area (Å²) in [5.41, 5.74) is -6.53. The number of rotatable bonds is 8. The molecule has 24 heteroatoms. The molecule has 0 heterocycles. The molecule has 0 aromatic carbocycles. The Hall–Kier alpha value is -1.68. The first-order valence-electron chi connectivity index (χ1n) is 41.5. The Kier molecular flexibility index (Phi) is 69.1. The maximum absolute atomic E-state index is 12.9. The van der Waals surface area contributed by atoms with Gasteiger partial charge in [0, 0.05) is 0 Å². The molecule has 3 aliphatic carbocycles. The molecular weight excluding hydrogens is 1620 g/mol. The Balaban J connectivity index is -0.0000000872. The minimum absolute atomic E-state index is 0. The van der Waals surface area contributed by atoms with Gasteiger partial charge in [-0.2, -0.15) is 105 Å². The van der Waals surface area contributed by atoms with Crippen molar-refractivity contribution in [3.8, 4) is 0 Å². The van der Waals surface area contributed by atoms with E-state index in [4.69, 9.17) is 0 Å². The van der Waals surface area contributed by atoms with Gasteiger partial charge in [-0.3, -0.25) is 0 Å². The SMILES string of the molecule is C.C.C.C.C.C.C.CC(C)(C)C(C)(C)C(C)(C)C(F)(F)F.CC(C)(C)C(C)(C)C(F)(F)F.CC(C)C(C)(C)C(C)(C)C.CC(C)C(C)(C)C(C)C(F)(F)F.CC(C)[C@@H](C)C(C)(C)C.CC(C)[C@@H](C)C(C)C(F)(F)F.CC1CCC(C(F)(F)F)CC1.CC1CCCC(C(F)(F)F)[C@@H]1C.C[C@@H]1CCCC(C(F)(F)F)C1.C[C@H](C(C)(C)C)C(C)(C)C(F)(F)F. The Morgan fingerprint density at radius 1 is 0.264 bits per heavy atom. The largest absolute Gasteiger partial charge is 0.394 e. The Labute approximate surface area is 733 Å². The lowest BCUT2D eigenvalue weighted by Crippen LogP contribution is -2.51. The lowest BCUT2D eigenvalue weighted by atomic mass is 9.55. The fraction of sp³-hybridized carbons (Fsp3) is 1.00. The van der Waals surface area contributed by atoms with E-state index in [0.717, 1.165) is 56.3 Å². The van der Waals surface area contributed by atoms with Gasteiger partial charge in [0.1, 0.15) is 0 Å². The lowest BCUT2D eigenvalue weighted by Gasteiger charge is -2.51. The quantitative estimate of drug-likeness (QED) is 0.213. The molecule has 121 heavy (non-hydrogen) atoms. The summed E-state index contributed by atoms with van der Waals surface area (Å²) in [5.74, 6) is -2.93. The summed E-state index contributed by atoms with van der Waals surface area (Å²) >= 11 is 0. The highest BCUT2D eigenvalue weighted by atomic mass is 19.4. The molecule has 0 N–H and O–H groups in total. The molecule has 0 nitrogen and oxygen atoms in total. The van der Waals surface area contributed by atoms with Gasteiger partial charge in [0.25, 0.3) is 0 Å². The van der Waals surface area contributed by atoms with E-state index in [9.17, 15) is 105 Å². The second-order valence-corrected chi connectivity index (χ2v) is 43.8. The van der Waals surface area contributed by atoms with E-state index in [2.05, 4.69) is 90.0 Å². The van der Waals surface area contributed by atoms with Crippen LogP contribution in [0.3, 0.4) is 0 Å². The molecule has 3 fully saturated rings. The van der Waals surface area contributed by atoms with Crippen molar-refractivity contribution in [2.45, 2.75) is 477 Å². The van der Waals surface area contributed by atoms with Gasteiger partial charge < -0.3 is 0 Å². The first kappa shape index (κ1) is 151. The fourth-order valence-electron chi connectivity index (χ4n) is 12.1. The second kappa shape index (κ2) is 55.5. The van der Waals surface area contributed by atoms with Crippen molar-refractivity contribution in [1.29, 1.82) is 0 Å². The van der Waals surface area contributed by atoms with Gasteiger partial charge >= 0.3 is 49.4 Å². The van der Waals surface area contributed by atoms with Crippen LogP contribution in [0, 0.1) is 154 Å². The van der Waals surface area contributed by atoms with Gasteiger partial charge in [-0.25, -0.2) is 0 Å². The Morgan fingerprint density at radius 3 is 0.736 bits per heavy atom. The molecule has 0 bridgehead atoms. The third-order valence-electron chi connectivity index (χ3n) is 29.0. The highest BCUT2D eigenvalue weighted by Crippen LogP contribution is 2.59. The summed E-state index contributed by atoms with van der Waals surface area (Å²) in [6.07, 6.45) is -25.8. The van der Waals surface area contributed by atoms with Gasteiger partial charge in [0.15, 0.2) is 0 Å². The van der Waals surface area contributed by atoms with Crippen molar-refractivity contribution in [3.05, 3.63) is 0 Å². The molecule has 0 amide bonds. The molecule has 0 aromatic rings. The van der Waals surface area contributed by atoms with Crippen molar-refractivity contribution in [1.82, 2.24) is 0 Å². The number of alkyl halides is 24. The first-order valence-corrected chi connectivity index (χ1v) is 41.5. The van der Waals surface area contributed by atoms with E-state index in [1.807, 2.05) is 90.0 Å². The van der Waals surface area contributed by atoms with Crippen LogP contribution in [0.5, 0.6) is 0 Å². The number of hydrogen-bond donors (Lipinski definition) is 0. The molecule has 3 aliphatic rings. The van der Waals surface area contributed by atoms with Gasteiger partial charge in [-0.05, 0) is 141 Å². The summed E-state index contributed by atoms with van der Waals surface area (Å²) in [4.78, 5) is 0. The lowest BCUT2D eigenvalue weighted by molar-refractivity contribution is -0.263. The Bertz CT molecular complexity index is 2430. The van der Waals surface area contributed by atoms with Crippen molar-refractivity contribution < 1.29 is 105 Å². The molecular formula is C97H198F24. The van der Waals surface area contributed by atoms with Crippen LogP contribution in [0.25, 0.3) is 0 Å². The summed E-state index contributed by atoms with van der Waals surface area (Å²) < 4.78 is 296. The zero-order chi connectivity index (χ0) is 94.5. The third-order valence-corrected chi connectivity index (χ3v) is 29.0. The average Bonchev–Trinajstić information content (AvgIpc) is 0.749. The van der Waals surface area contributed by atoms with Gasteiger partial charge in [-0.15, -0.1) is 0 Å². The summed E-state index contributed by atoms with van der Waals surface area (Å²) in [6, 6.07) is 0. The third kappa shape index (κ3) is 53.3. The molecule has 3 rings (SSSR count). The van der Waals surface area contributed by atoms with Gasteiger partial charge in [0.2, 0.25) is 0 Å². The van der Waals surface area contributed by atoms with Crippen LogP contribution in [-0.2, 0) is 0 Å². The highest BCUT2D eigenvalue weighted by Gasteiger charge is 2.60. The van der Waals surface area contributed by atoms with E-state index >= 15 is 0 Å². The number of halogens is 24. The molecule has 5 unspecified atom stereocenters. The van der Waals surface area contributed by atoms with Crippen LogP contribution >= 0.6 is 0 Å². The van der Waals surface area contributed by atoms with Crippen molar-refractivity contribution in [2.24, 2.45) is 154 Å². The average molecular weight is 1820 g/mol. The summed E-state index contributed by atoms with van der Waals surface area (Å²) in [7, 11) is 0. The normalized spacial score (nSPS) is 20.8. The van der Waals surface area contributed by atoms with Crippen LogP contribution in [0.1, 0.15) is 427 Å². The van der Waals surface area contributed by atoms with E-state index in [0.29, 0.717) is 54.3 Å². The number of hydrogen-bond acceptors (Lipinski definition) is 0. The molecule has 0 spiro atoms. The van der Waals surface area contributed by atoms with Crippen LogP contribution < -0.4 is 0 Å². The predicted molar refractivity (Wildman–Crippen MR) is 479 cm³/mol. The molecule has 0 radical (unpaired) electrons. The Morgan fingerprint density at radius 2 is 0.595 bits per heavy atom. The van der Waals surface area contributed by atoms with Crippen molar-refractivity contribution in [3.63, 3.8) is 0 Å². The first-order chi connectivity index (χ1) is 49.0. The van der Waals surface area contributed by atoms with Crippen molar-refractivity contribution >= 4 is 0 Å². The maximum atomic E-state index is 12.9. The van der Waals surface area contributed by atoms with Crippen LogP contribution in [0.15, 0.2) is 0 Å². The van der Waals surface area contributed by atoms with Crippen molar-refractivity contribution in [2.75, 3.05) is 0 Å². The highest BCUT2D eigenvalue weighted by molar-refractivity contribution is 4.98. The van der Waals surface area contributed by atoms with Gasteiger partial charge in [0.05, 0.1) is 45.8 Å². The van der Waals surface area contributed by atoms with E-state index in [1.54, 1.807) is 69.2 Å². The zero-order valence-electron chi connectivity index (χ0n) is 79.6. The topological polar surface area (TPSA) is 0 Å². The van der Waals surface area contributed by atoms with E-state index < -0.39 is 117 Å². The summed E-state index contributed by atoms with van der Waals surface area (Å²) in [5, 5.41) is 0. The van der Waals surface area contributed by atoms with E-state index in [-0.39, 0.29) is 98.3 Å². The molecule has 0 aromatic heterocycles. The zero-order valence-corrected chi connectivity index (χ0v) is 79.6. The minimum atomic E-state index is -4.16. The molecule has 10 atom stereocenters. The molecule has 754 valence electrons. The van der Waals surface area contributed by atoms with Crippen LogP contribution in [0.2, 0.25) is 0 Å². The standard InChI is InChI=1S/C11H21F3.C10H19F3.C10H22.C9H15F3.C9H17F3.C9H20.2C8H13F3.2C8H15F3.7CH4/c1-8(2,3)9(4,5)10(6,7)11(12,13)14;1-7(8(2,3)4)9(5,6)10(11,12)13;1-8(2)10(6,7)9(3,4)5;1-6-4-3-5-8(7(6)2)9(10,11)12;1-6(2)8(4,5)7(3)9(10,11)12;1-7(2)8(3)9(4,5)6;1-6-2-4-7(5-3-6)8(9,10)11;1-6-3-2-4-7(5-6)8(9,10)11;1-6(2,3)7(4,5)8(9,10)11;1-5(2)6(3)7(4)8(9,10)11;;;;;;;/h1-7H3;7H,1-6H3;8H,1-7H3;6-8H,3-5H2,1-2H3;6-7H,1-5H3;7-8H,1-6H3;2*6-7H,2-5H2,1H3;1-5H3;5-7H,1-4H3;7*1H4/t;7-;;6?,7-,8?;;8-;;6-,7?;;6-,7?;;;;;;;/m.1.1.1.1.1......./s1. The fourth-order valence-corrected chi connectivity index (χ4v) is 12.1.